The highest BCUT2D eigenvalue weighted by Gasteiger charge is 2.38. The number of aryl methyl sites for hydroxylation is 2. The molecule has 12 nitrogen and oxygen atoms in total. The Bertz CT molecular complexity index is 1010. The summed E-state index contributed by atoms with van der Waals surface area (Å²) in [5.41, 5.74) is 6.05. The molecule has 0 aromatic carbocycles. The molecule has 0 aliphatic carbocycles. The van der Waals surface area contributed by atoms with E-state index in [4.69, 9.17) is 10.8 Å². The lowest BCUT2D eigenvalue weighted by molar-refractivity contribution is -0.683. The van der Waals surface area contributed by atoms with Gasteiger partial charge >= 0.3 is 30.1 Å². The Balaban J connectivity index is 2.11. The number of alkyl halides is 6. The number of nitrogen functional groups attached to an aromatic ring is 1. The van der Waals surface area contributed by atoms with Crippen molar-refractivity contribution >= 4 is 29.3 Å². The minimum atomic E-state index is -5.00. The van der Waals surface area contributed by atoms with Crippen LogP contribution in [-0.2, 0) is 29.2 Å². The second-order valence-corrected chi connectivity index (χ2v) is 7.26. The Morgan fingerprint density at radius 1 is 1.03 bits per heavy atom. The summed E-state index contributed by atoms with van der Waals surface area (Å²) in [5, 5.41) is 24.6. The normalized spacial score (nSPS) is 12.3. The molecule has 36 heavy (non-hydrogen) atoms. The maximum Gasteiger partial charge on any atom is 0.471 e. The van der Waals surface area contributed by atoms with Gasteiger partial charge < -0.3 is 21.5 Å². The molecule has 0 radical (unpaired) electrons. The van der Waals surface area contributed by atoms with Gasteiger partial charge in [0, 0.05) is 18.2 Å². The zero-order valence-corrected chi connectivity index (χ0v) is 18.7. The van der Waals surface area contributed by atoms with Gasteiger partial charge in [0.2, 0.25) is 0 Å². The predicted octanol–water partition coefficient (Wildman–Crippen LogP) is 1.10. The van der Waals surface area contributed by atoms with Gasteiger partial charge in [-0.3, -0.25) is 9.59 Å². The SMILES string of the molecule is Nc1c(N=Nc2n(CCCNC(=O)C(F)(F)F)cc[n+]2CCCNC(=O)C(F)(F)F)cnn1CCO. The molecular weight excluding hydrogens is 504 g/mol. The fraction of sp³-hybridized carbons (Fsp3) is 0.556. The van der Waals surface area contributed by atoms with Crippen LogP contribution in [0.5, 0.6) is 0 Å². The van der Waals surface area contributed by atoms with Crippen LogP contribution >= 0.6 is 0 Å². The van der Waals surface area contributed by atoms with E-state index in [0.29, 0.717) is 0 Å². The van der Waals surface area contributed by atoms with Crippen LogP contribution in [0.2, 0.25) is 0 Å². The highest BCUT2D eigenvalue weighted by molar-refractivity contribution is 5.81. The highest BCUT2D eigenvalue weighted by Crippen LogP contribution is 2.23. The number of anilines is 1. The molecule has 0 saturated heterocycles. The molecule has 5 N–H and O–H groups in total. The van der Waals surface area contributed by atoms with E-state index in [2.05, 4.69) is 15.3 Å². The van der Waals surface area contributed by atoms with E-state index >= 15 is 0 Å². The number of imidazole rings is 1. The molecule has 0 aliphatic heterocycles. The van der Waals surface area contributed by atoms with Crippen molar-refractivity contribution in [2.45, 2.75) is 44.8 Å². The molecule has 2 aromatic rings. The number of halogens is 6. The molecule has 0 spiro atoms. The molecule has 0 atom stereocenters. The number of nitrogens with one attached hydrogen (secondary N) is 2. The summed E-state index contributed by atoms with van der Waals surface area (Å²) in [6.07, 6.45) is -5.48. The smallest absolute Gasteiger partial charge is 0.394 e. The van der Waals surface area contributed by atoms with Gasteiger partial charge in [0.15, 0.2) is 11.5 Å². The number of hydrogen-bond donors (Lipinski definition) is 4. The van der Waals surface area contributed by atoms with Crippen LogP contribution in [0.15, 0.2) is 28.8 Å². The number of aromatic nitrogens is 4. The first-order chi connectivity index (χ1) is 16.8. The summed E-state index contributed by atoms with van der Waals surface area (Å²) in [7, 11) is 0. The van der Waals surface area contributed by atoms with Crippen LogP contribution in [-0.4, -0.2) is 63.3 Å². The van der Waals surface area contributed by atoms with Gasteiger partial charge in [-0.1, -0.05) is 5.11 Å². The molecule has 0 bridgehead atoms. The average molecular weight is 528 g/mol. The van der Waals surface area contributed by atoms with E-state index in [0.717, 1.165) is 0 Å². The van der Waals surface area contributed by atoms with Gasteiger partial charge in [0.1, 0.15) is 0 Å². The van der Waals surface area contributed by atoms with Crippen molar-refractivity contribution in [1.29, 1.82) is 0 Å². The maximum absolute atomic E-state index is 12.3. The number of aliphatic hydroxyl groups is 1. The molecule has 18 heteroatoms. The number of rotatable bonds is 12. The standard InChI is InChI=1S/C18H23F6N9O3/c19-17(20,21)14(35)26-3-1-5-31-7-8-32(6-2-4-27-15(36)18(22,23)24)16(31)30-29-12-11-28-33(9-10-34)13(12)25/h7-8,11,25,34H,1-6,9-10H2,(H2,26,27,35,36)/p+1. The van der Waals surface area contributed by atoms with E-state index in [1.54, 1.807) is 10.6 Å². The van der Waals surface area contributed by atoms with Crippen molar-refractivity contribution < 1.29 is 45.6 Å². The van der Waals surface area contributed by atoms with Crippen molar-refractivity contribution in [1.82, 2.24) is 25.0 Å². The predicted molar refractivity (Wildman–Crippen MR) is 110 cm³/mol. The topological polar surface area (TPSA) is 156 Å². The first kappa shape index (κ1) is 28.5. The molecule has 2 rings (SSSR count). The van der Waals surface area contributed by atoms with Crippen molar-refractivity contribution in [2.24, 2.45) is 10.2 Å². The van der Waals surface area contributed by atoms with Gasteiger partial charge in [-0.15, -0.1) is 0 Å². The summed E-state index contributed by atoms with van der Waals surface area (Å²) in [5.74, 6) is -3.85. The maximum atomic E-state index is 12.3. The number of azo groups is 1. The lowest BCUT2D eigenvalue weighted by Gasteiger charge is -2.07. The van der Waals surface area contributed by atoms with Gasteiger partial charge in [-0.25, -0.2) is 13.8 Å². The van der Waals surface area contributed by atoms with E-state index < -0.39 is 24.2 Å². The van der Waals surface area contributed by atoms with Crippen LogP contribution in [0.3, 0.4) is 0 Å². The number of carbonyl (C=O) groups is 2. The average Bonchev–Trinajstić information content (AvgIpc) is 3.34. The van der Waals surface area contributed by atoms with Crippen LogP contribution in [0.25, 0.3) is 0 Å². The molecule has 0 aliphatic rings. The lowest BCUT2D eigenvalue weighted by Crippen LogP contribution is -2.39. The second-order valence-electron chi connectivity index (χ2n) is 7.26. The number of hydrogen-bond acceptors (Lipinski definition) is 7. The van der Waals surface area contributed by atoms with E-state index in [1.807, 2.05) is 0 Å². The third-order valence-electron chi connectivity index (χ3n) is 4.60. The molecular formula is C18H24F6N9O3+. The van der Waals surface area contributed by atoms with Crippen molar-refractivity contribution in [3.05, 3.63) is 18.6 Å². The lowest BCUT2D eigenvalue weighted by atomic mass is 10.4. The minimum absolute atomic E-state index is 0.0945. The van der Waals surface area contributed by atoms with Gasteiger partial charge in [0.05, 0.1) is 44.8 Å². The first-order valence-corrected chi connectivity index (χ1v) is 10.5. The summed E-state index contributed by atoms with van der Waals surface area (Å²) in [6, 6.07) is 0. The number of amides is 2. The number of nitrogens with two attached hydrogens (primary N) is 1. The van der Waals surface area contributed by atoms with Crippen molar-refractivity contribution in [2.75, 3.05) is 25.4 Å². The largest absolute Gasteiger partial charge is 0.471 e. The first-order valence-electron chi connectivity index (χ1n) is 10.5. The van der Waals surface area contributed by atoms with E-state index in [-0.39, 0.29) is 69.6 Å². The molecule has 0 saturated carbocycles. The molecule has 0 unspecified atom stereocenters. The molecule has 2 aromatic heterocycles. The summed E-state index contributed by atoms with van der Waals surface area (Å²) >= 11 is 0. The summed E-state index contributed by atoms with van der Waals surface area (Å²) < 4.78 is 78.1. The Hall–Kier alpha value is -3.70. The Labute approximate surface area is 199 Å². The zero-order chi connectivity index (χ0) is 26.9. The number of nitrogens with zero attached hydrogens (tertiary/aromatic N) is 6. The Morgan fingerprint density at radius 2 is 1.64 bits per heavy atom. The van der Waals surface area contributed by atoms with Gasteiger partial charge in [-0.05, 0) is 12.8 Å². The molecule has 2 amide bonds. The third-order valence-corrected chi connectivity index (χ3v) is 4.60. The molecule has 0 fully saturated rings. The van der Waals surface area contributed by atoms with Crippen LogP contribution in [0.1, 0.15) is 12.8 Å². The summed E-state index contributed by atoms with van der Waals surface area (Å²) in [6.45, 7) is -0.436. The second kappa shape index (κ2) is 12.3. The molecule has 2 heterocycles. The van der Waals surface area contributed by atoms with E-state index in [9.17, 15) is 35.9 Å². The fourth-order valence-corrected chi connectivity index (χ4v) is 2.86. The van der Waals surface area contributed by atoms with Crippen LogP contribution in [0, 0.1) is 0 Å². The third kappa shape index (κ3) is 8.21. The minimum Gasteiger partial charge on any atom is -0.394 e. The van der Waals surface area contributed by atoms with Gasteiger partial charge in [-0.2, -0.15) is 31.4 Å². The van der Waals surface area contributed by atoms with Crippen molar-refractivity contribution in [3.8, 4) is 0 Å². The van der Waals surface area contributed by atoms with Crippen molar-refractivity contribution in [3.63, 3.8) is 0 Å². The van der Waals surface area contributed by atoms with E-state index in [1.165, 1.54) is 32.4 Å². The number of carbonyl (C=O) groups excluding carboxylic acids is 2. The Morgan fingerprint density at radius 3 is 2.22 bits per heavy atom. The highest BCUT2D eigenvalue weighted by atomic mass is 19.4. The quantitative estimate of drug-likeness (QED) is 0.141. The van der Waals surface area contributed by atoms with Gasteiger partial charge in [0.25, 0.3) is 0 Å². The number of aliphatic hydroxyl groups excluding tert-OH is 1. The fourth-order valence-electron chi connectivity index (χ4n) is 2.86. The zero-order valence-electron chi connectivity index (χ0n) is 18.7. The summed E-state index contributed by atoms with van der Waals surface area (Å²) in [4.78, 5) is 21.9. The Kier molecular flexibility index (Phi) is 9.76. The van der Waals surface area contributed by atoms with Crippen LogP contribution < -0.4 is 20.9 Å². The monoisotopic (exact) mass is 528 g/mol. The van der Waals surface area contributed by atoms with Crippen LogP contribution in [0.4, 0.5) is 43.8 Å². The molecule has 200 valence electrons.